The minimum atomic E-state index is -1.18. The number of ether oxygens (including phenoxy) is 1. The first-order valence-electron chi connectivity index (χ1n) is 7.21. The molecule has 0 bridgehead atoms. The number of esters is 1. The van der Waals surface area contributed by atoms with E-state index in [0.717, 1.165) is 11.3 Å². The Morgan fingerprint density at radius 3 is 2.50 bits per heavy atom. The van der Waals surface area contributed by atoms with E-state index >= 15 is 0 Å². The number of benzene rings is 1. The van der Waals surface area contributed by atoms with Crippen molar-refractivity contribution >= 4 is 39.3 Å². The molecule has 1 aromatic heterocycles. The van der Waals surface area contributed by atoms with Crippen molar-refractivity contribution in [2.24, 2.45) is 11.7 Å². The summed E-state index contributed by atoms with van der Waals surface area (Å²) in [5.74, 6) is -2.34. The van der Waals surface area contributed by atoms with Gasteiger partial charge in [-0.15, -0.1) is 11.3 Å². The molecule has 0 aliphatic rings. The number of carbonyl (C=O) groups excluding carboxylic acids is 3. The van der Waals surface area contributed by atoms with Gasteiger partial charge in [-0.2, -0.15) is 0 Å². The second-order valence-corrected chi connectivity index (χ2v) is 6.64. The quantitative estimate of drug-likeness (QED) is 0.827. The van der Waals surface area contributed by atoms with E-state index in [2.05, 4.69) is 0 Å². The molecule has 1 atom stereocenters. The fourth-order valence-corrected chi connectivity index (χ4v) is 3.41. The van der Waals surface area contributed by atoms with Crippen LogP contribution in [0.15, 0.2) is 18.2 Å². The summed E-state index contributed by atoms with van der Waals surface area (Å²) in [5, 5.41) is 2.26. The van der Waals surface area contributed by atoms with Crippen LogP contribution >= 0.6 is 11.3 Å². The van der Waals surface area contributed by atoms with Crippen LogP contribution in [0.1, 0.15) is 29.1 Å². The van der Waals surface area contributed by atoms with Crippen molar-refractivity contribution in [2.75, 3.05) is 0 Å². The Morgan fingerprint density at radius 2 is 1.96 bits per heavy atom. The minimum Gasteiger partial charge on any atom is -0.448 e. The Hall–Kier alpha value is -2.48. The number of carbonyl (C=O) groups is 3. The molecule has 128 valence electrons. The molecule has 0 aliphatic carbocycles. The van der Waals surface area contributed by atoms with Gasteiger partial charge in [-0.25, -0.2) is 14.0 Å². The summed E-state index contributed by atoms with van der Waals surface area (Å²) in [4.78, 5) is 35.4. The second-order valence-electron chi connectivity index (χ2n) is 5.59. The number of nitrogens with two attached hydrogens (primary N) is 1. The van der Waals surface area contributed by atoms with Crippen molar-refractivity contribution in [1.82, 2.24) is 5.32 Å². The first-order chi connectivity index (χ1) is 11.2. The van der Waals surface area contributed by atoms with Gasteiger partial charge in [0.25, 0.3) is 5.91 Å². The summed E-state index contributed by atoms with van der Waals surface area (Å²) < 4.78 is 19.8. The summed E-state index contributed by atoms with van der Waals surface area (Å²) in [5.41, 5.74) is 5.37. The molecule has 3 N–H and O–H groups in total. The normalized spacial score (nSPS) is 12.2. The number of rotatable bonds is 4. The van der Waals surface area contributed by atoms with Crippen LogP contribution in [0.3, 0.4) is 0 Å². The van der Waals surface area contributed by atoms with E-state index in [0.29, 0.717) is 15.6 Å². The Labute approximate surface area is 141 Å². The van der Waals surface area contributed by atoms with Gasteiger partial charge in [-0.05, 0) is 30.5 Å². The lowest BCUT2D eigenvalue weighted by atomic mass is 10.1. The van der Waals surface area contributed by atoms with Gasteiger partial charge in [0.15, 0.2) is 6.10 Å². The molecule has 2 aromatic rings. The molecular weight excluding hydrogens is 335 g/mol. The van der Waals surface area contributed by atoms with E-state index in [-0.39, 0.29) is 10.8 Å². The zero-order valence-electron chi connectivity index (χ0n) is 13.4. The zero-order chi connectivity index (χ0) is 18.0. The topological polar surface area (TPSA) is 98.5 Å². The third-order valence-electron chi connectivity index (χ3n) is 3.43. The van der Waals surface area contributed by atoms with Crippen LogP contribution in [-0.2, 0) is 9.53 Å². The van der Waals surface area contributed by atoms with Crippen molar-refractivity contribution in [3.05, 3.63) is 34.5 Å². The Kier molecular flexibility index (Phi) is 5.18. The number of thiophene rings is 1. The molecule has 2 rings (SSSR count). The second kappa shape index (κ2) is 6.96. The molecular formula is C16H17FN2O4S. The van der Waals surface area contributed by atoms with Gasteiger partial charge < -0.3 is 10.5 Å². The van der Waals surface area contributed by atoms with Gasteiger partial charge in [0.05, 0.1) is 0 Å². The van der Waals surface area contributed by atoms with Gasteiger partial charge in [-0.3, -0.25) is 10.1 Å². The van der Waals surface area contributed by atoms with Crippen LogP contribution in [0.4, 0.5) is 9.18 Å². The monoisotopic (exact) mass is 352 g/mol. The molecule has 0 saturated heterocycles. The van der Waals surface area contributed by atoms with Crippen molar-refractivity contribution in [1.29, 1.82) is 0 Å². The summed E-state index contributed by atoms with van der Waals surface area (Å²) in [7, 11) is 0. The summed E-state index contributed by atoms with van der Waals surface area (Å²) >= 11 is 1.09. The fourth-order valence-electron chi connectivity index (χ4n) is 2.30. The first kappa shape index (κ1) is 17.9. The third kappa shape index (κ3) is 3.53. The molecule has 0 unspecified atom stereocenters. The highest BCUT2D eigenvalue weighted by Crippen LogP contribution is 2.33. The van der Waals surface area contributed by atoms with E-state index in [1.165, 1.54) is 6.07 Å². The van der Waals surface area contributed by atoms with Gasteiger partial charge in [0, 0.05) is 10.1 Å². The predicted molar refractivity (Wildman–Crippen MR) is 88.3 cm³/mol. The molecule has 0 aliphatic heterocycles. The lowest BCUT2D eigenvalue weighted by Crippen LogP contribution is -2.45. The highest BCUT2D eigenvalue weighted by Gasteiger charge is 2.29. The molecule has 1 aromatic carbocycles. The SMILES string of the molecule is Cc1c(C(=O)O[C@@H](C(=O)NC(N)=O)C(C)C)sc2cccc(F)c12. The van der Waals surface area contributed by atoms with Gasteiger partial charge in [0.2, 0.25) is 0 Å². The number of aryl methyl sites for hydroxylation is 1. The molecule has 0 spiro atoms. The Bertz CT molecular complexity index is 816. The van der Waals surface area contributed by atoms with E-state index in [4.69, 9.17) is 10.5 Å². The maximum Gasteiger partial charge on any atom is 0.349 e. The van der Waals surface area contributed by atoms with Crippen LogP contribution in [-0.4, -0.2) is 24.0 Å². The van der Waals surface area contributed by atoms with Gasteiger partial charge in [-0.1, -0.05) is 19.9 Å². The lowest BCUT2D eigenvalue weighted by molar-refractivity contribution is -0.130. The van der Waals surface area contributed by atoms with Crippen molar-refractivity contribution in [3.63, 3.8) is 0 Å². The average Bonchev–Trinajstić information content (AvgIpc) is 2.82. The number of nitrogens with one attached hydrogen (secondary N) is 1. The van der Waals surface area contributed by atoms with Crippen molar-refractivity contribution in [2.45, 2.75) is 26.9 Å². The van der Waals surface area contributed by atoms with Crippen LogP contribution < -0.4 is 11.1 Å². The largest absolute Gasteiger partial charge is 0.448 e. The highest BCUT2D eigenvalue weighted by molar-refractivity contribution is 7.21. The number of imide groups is 1. The van der Waals surface area contributed by atoms with Crippen LogP contribution in [0.25, 0.3) is 10.1 Å². The maximum atomic E-state index is 13.9. The summed E-state index contributed by atoms with van der Waals surface area (Å²) in [6.07, 6.45) is -1.18. The molecule has 24 heavy (non-hydrogen) atoms. The van der Waals surface area contributed by atoms with Gasteiger partial charge in [0.1, 0.15) is 10.7 Å². The minimum absolute atomic E-state index is 0.215. The van der Waals surface area contributed by atoms with Crippen LogP contribution in [0, 0.1) is 18.7 Å². The van der Waals surface area contributed by atoms with E-state index in [9.17, 15) is 18.8 Å². The maximum absolute atomic E-state index is 13.9. The standard InChI is InChI=1S/C16H17FN2O4S/c1-7(2)12(14(20)19-16(18)22)23-15(21)13-8(3)11-9(17)5-4-6-10(11)24-13/h4-7,12H,1-3H3,(H3,18,19,20,22)/t12-/m1/s1. The number of hydrogen-bond acceptors (Lipinski definition) is 5. The number of amides is 3. The highest BCUT2D eigenvalue weighted by atomic mass is 32.1. The zero-order valence-corrected chi connectivity index (χ0v) is 14.2. The Balaban J connectivity index is 2.31. The summed E-state index contributed by atoms with van der Waals surface area (Å²) in [6, 6.07) is 3.54. The molecule has 3 amide bonds. The van der Waals surface area contributed by atoms with Crippen molar-refractivity contribution < 1.29 is 23.5 Å². The molecule has 8 heteroatoms. The molecule has 0 fully saturated rings. The van der Waals surface area contributed by atoms with E-state index in [1.807, 2.05) is 5.32 Å². The van der Waals surface area contributed by atoms with E-state index in [1.54, 1.807) is 32.9 Å². The molecule has 1 heterocycles. The number of primary amides is 1. The summed E-state index contributed by atoms with van der Waals surface area (Å²) in [6.45, 7) is 4.94. The predicted octanol–water partition coefficient (Wildman–Crippen LogP) is 2.73. The lowest BCUT2D eigenvalue weighted by Gasteiger charge is -2.19. The fraction of sp³-hybridized carbons (Fsp3) is 0.312. The molecule has 0 radical (unpaired) electrons. The average molecular weight is 352 g/mol. The smallest absolute Gasteiger partial charge is 0.349 e. The first-order valence-corrected chi connectivity index (χ1v) is 8.03. The molecule has 0 saturated carbocycles. The van der Waals surface area contributed by atoms with Crippen LogP contribution in [0.2, 0.25) is 0 Å². The van der Waals surface area contributed by atoms with Crippen LogP contribution in [0.5, 0.6) is 0 Å². The van der Waals surface area contributed by atoms with E-state index < -0.39 is 29.8 Å². The number of halogens is 1. The van der Waals surface area contributed by atoms with Gasteiger partial charge >= 0.3 is 12.0 Å². The molecule has 6 nitrogen and oxygen atoms in total. The Morgan fingerprint density at radius 1 is 1.29 bits per heavy atom. The third-order valence-corrected chi connectivity index (χ3v) is 4.67. The number of hydrogen-bond donors (Lipinski definition) is 2. The number of urea groups is 1. The number of fused-ring (bicyclic) bond motifs is 1. The van der Waals surface area contributed by atoms with Crippen molar-refractivity contribution in [3.8, 4) is 0 Å².